The molecule has 1 saturated heterocycles. The molecule has 0 spiro atoms. The third kappa shape index (κ3) is 3.32. The number of nitrogens with one attached hydrogen (secondary N) is 1. The summed E-state index contributed by atoms with van der Waals surface area (Å²) in [6, 6.07) is -0.551. The maximum absolute atomic E-state index is 12.9. The van der Waals surface area contributed by atoms with E-state index in [2.05, 4.69) is 5.32 Å². The Hall–Kier alpha value is -1.67. The third-order valence-corrected chi connectivity index (χ3v) is 4.73. The van der Waals surface area contributed by atoms with Crippen molar-refractivity contribution in [3.63, 3.8) is 0 Å². The van der Waals surface area contributed by atoms with E-state index in [4.69, 9.17) is 4.74 Å². The first-order chi connectivity index (χ1) is 10.9. The molecule has 2 amide bonds. The summed E-state index contributed by atoms with van der Waals surface area (Å²) < 4.78 is 5.45. The Bertz CT molecular complexity index is 557. The molecule has 2 unspecified atom stereocenters. The molecular formula is C15H22N4O3S. The highest BCUT2D eigenvalue weighted by molar-refractivity contribution is 8.02. The number of carbonyl (C=O) groups excluding carboxylic acids is 2. The van der Waals surface area contributed by atoms with Gasteiger partial charge in [0, 0.05) is 38.2 Å². The first-order valence-corrected chi connectivity index (χ1v) is 8.61. The van der Waals surface area contributed by atoms with Gasteiger partial charge in [-0.2, -0.15) is 0 Å². The van der Waals surface area contributed by atoms with Crippen LogP contribution in [0.15, 0.2) is 24.0 Å². The van der Waals surface area contributed by atoms with E-state index in [1.165, 1.54) is 4.90 Å². The zero-order valence-electron chi connectivity index (χ0n) is 13.6. The molecule has 0 saturated carbocycles. The second-order valence-electron chi connectivity index (χ2n) is 6.63. The lowest BCUT2D eigenvalue weighted by molar-refractivity contribution is -0.135. The predicted octanol–water partition coefficient (Wildman–Crippen LogP) is 1.31. The van der Waals surface area contributed by atoms with Crippen molar-refractivity contribution in [2.45, 2.75) is 37.9 Å². The van der Waals surface area contributed by atoms with Crippen molar-refractivity contribution < 1.29 is 14.3 Å². The number of ether oxygens (including phenoxy) is 1. The molecule has 1 fully saturated rings. The van der Waals surface area contributed by atoms with Crippen LogP contribution in [-0.4, -0.2) is 63.5 Å². The largest absolute Gasteiger partial charge is 0.444 e. The molecule has 0 aromatic rings. The molecule has 8 heteroatoms. The minimum absolute atomic E-state index is 0.0788. The van der Waals surface area contributed by atoms with Crippen LogP contribution in [-0.2, 0) is 9.53 Å². The number of thioether (sulfide) groups is 1. The van der Waals surface area contributed by atoms with Gasteiger partial charge in [0.25, 0.3) is 5.91 Å². The molecular weight excluding hydrogens is 316 g/mol. The highest BCUT2D eigenvalue weighted by Crippen LogP contribution is 2.33. The van der Waals surface area contributed by atoms with Crippen LogP contribution in [0.1, 0.15) is 20.8 Å². The summed E-state index contributed by atoms with van der Waals surface area (Å²) in [5, 5.41) is 5.15. The van der Waals surface area contributed by atoms with Gasteiger partial charge in [0.15, 0.2) is 5.50 Å². The normalized spacial score (nSPS) is 26.7. The van der Waals surface area contributed by atoms with E-state index in [-0.39, 0.29) is 11.4 Å². The molecule has 3 aliphatic rings. The Kier molecular flexibility index (Phi) is 4.29. The van der Waals surface area contributed by atoms with Crippen LogP contribution in [0.4, 0.5) is 4.79 Å². The van der Waals surface area contributed by atoms with Crippen molar-refractivity contribution in [3.05, 3.63) is 24.0 Å². The summed E-state index contributed by atoms with van der Waals surface area (Å²) in [4.78, 5) is 30.6. The summed E-state index contributed by atoms with van der Waals surface area (Å²) in [6.07, 6.45) is 5.14. The Morgan fingerprint density at radius 1 is 1.26 bits per heavy atom. The topological polar surface area (TPSA) is 65.1 Å². The second-order valence-corrected chi connectivity index (χ2v) is 7.60. The molecule has 2 atom stereocenters. The van der Waals surface area contributed by atoms with Gasteiger partial charge in [-0.25, -0.2) is 4.79 Å². The maximum atomic E-state index is 12.9. The van der Waals surface area contributed by atoms with Crippen LogP contribution >= 0.6 is 11.8 Å². The number of amides is 2. The lowest BCUT2D eigenvalue weighted by Crippen LogP contribution is -2.60. The van der Waals surface area contributed by atoms with Crippen LogP contribution < -0.4 is 5.32 Å². The summed E-state index contributed by atoms with van der Waals surface area (Å²) >= 11 is 1.57. The van der Waals surface area contributed by atoms with Crippen molar-refractivity contribution >= 4 is 23.8 Å². The van der Waals surface area contributed by atoms with Gasteiger partial charge in [0.2, 0.25) is 0 Å². The van der Waals surface area contributed by atoms with Crippen LogP contribution in [0.5, 0.6) is 0 Å². The SMILES string of the molecule is CC(C)(C)OC(=O)N1CCNCC1C(=O)N1C=CN2C=CSC21. The van der Waals surface area contributed by atoms with Crippen molar-refractivity contribution in [2.24, 2.45) is 0 Å². The van der Waals surface area contributed by atoms with Crippen LogP contribution in [0.25, 0.3) is 0 Å². The fourth-order valence-electron chi connectivity index (χ4n) is 2.69. The smallest absolute Gasteiger partial charge is 0.411 e. The molecule has 1 N–H and O–H groups in total. The molecule has 0 aliphatic carbocycles. The fourth-order valence-corrected chi connectivity index (χ4v) is 3.63. The van der Waals surface area contributed by atoms with Gasteiger partial charge in [-0.15, -0.1) is 0 Å². The van der Waals surface area contributed by atoms with Gasteiger partial charge >= 0.3 is 6.09 Å². The molecule has 0 aromatic heterocycles. The minimum atomic E-state index is -0.578. The Balaban J connectivity index is 1.72. The average Bonchev–Trinajstić information content (AvgIpc) is 3.07. The van der Waals surface area contributed by atoms with E-state index in [0.717, 1.165) is 0 Å². The van der Waals surface area contributed by atoms with Gasteiger partial charge in [-0.05, 0) is 26.2 Å². The van der Waals surface area contributed by atoms with Gasteiger partial charge in [-0.1, -0.05) is 11.8 Å². The maximum Gasteiger partial charge on any atom is 0.411 e. The molecule has 7 nitrogen and oxygen atoms in total. The van der Waals surface area contributed by atoms with Gasteiger partial charge in [0.05, 0.1) is 0 Å². The van der Waals surface area contributed by atoms with Crippen molar-refractivity contribution in [3.8, 4) is 0 Å². The molecule has 0 bridgehead atoms. The van der Waals surface area contributed by atoms with Crippen LogP contribution in [0.2, 0.25) is 0 Å². The lowest BCUT2D eigenvalue weighted by Gasteiger charge is -2.38. The number of piperazine rings is 1. The van der Waals surface area contributed by atoms with E-state index in [1.54, 1.807) is 22.9 Å². The Morgan fingerprint density at radius 2 is 2.04 bits per heavy atom. The van der Waals surface area contributed by atoms with Gasteiger partial charge < -0.3 is 15.0 Å². The second kappa shape index (κ2) is 6.09. The van der Waals surface area contributed by atoms with Crippen LogP contribution in [0.3, 0.4) is 0 Å². The van der Waals surface area contributed by atoms with E-state index in [9.17, 15) is 9.59 Å². The quantitative estimate of drug-likeness (QED) is 0.778. The monoisotopic (exact) mass is 338 g/mol. The zero-order chi connectivity index (χ0) is 16.6. The fraction of sp³-hybridized carbons (Fsp3) is 0.600. The van der Waals surface area contributed by atoms with E-state index < -0.39 is 17.7 Å². The zero-order valence-corrected chi connectivity index (χ0v) is 14.4. The van der Waals surface area contributed by atoms with Crippen molar-refractivity contribution in [2.75, 3.05) is 19.6 Å². The number of hydrogen-bond donors (Lipinski definition) is 1. The predicted molar refractivity (Wildman–Crippen MR) is 87.9 cm³/mol. The standard InChI is InChI=1S/C15H22N4O3S/c1-15(2,3)22-14(21)18-5-4-16-10-11(18)12(20)19-7-6-17-8-9-23-13(17)19/h6-9,11,13,16H,4-5,10H2,1-3H3. The van der Waals surface area contributed by atoms with Crippen LogP contribution in [0, 0.1) is 0 Å². The Morgan fingerprint density at radius 3 is 2.78 bits per heavy atom. The molecule has 0 radical (unpaired) electrons. The summed E-state index contributed by atoms with van der Waals surface area (Å²) in [7, 11) is 0. The number of nitrogens with zero attached hydrogens (tertiary/aromatic N) is 3. The third-order valence-electron chi connectivity index (χ3n) is 3.74. The highest BCUT2D eigenvalue weighted by Gasteiger charge is 2.41. The molecule has 126 valence electrons. The number of hydrogen-bond acceptors (Lipinski definition) is 6. The molecule has 3 heterocycles. The van der Waals surface area contributed by atoms with E-state index in [1.807, 2.05) is 43.5 Å². The number of carbonyl (C=O) groups is 2. The lowest BCUT2D eigenvalue weighted by atomic mass is 10.1. The van der Waals surface area contributed by atoms with Gasteiger partial charge in [-0.3, -0.25) is 14.6 Å². The first kappa shape index (κ1) is 16.2. The molecule has 0 aromatic carbocycles. The van der Waals surface area contributed by atoms with E-state index in [0.29, 0.717) is 19.6 Å². The van der Waals surface area contributed by atoms with Crippen molar-refractivity contribution in [1.29, 1.82) is 0 Å². The summed E-state index contributed by atoms with van der Waals surface area (Å²) in [5.41, 5.74) is -0.657. The minimum Gasteiger partial charge on any atom is -0.444 e. The van der Waals surface area contributed by atoms with Gasteiger partial charge in [0.1, 0.15) is 11.6 Å². The summed E-state index contributed by atoms with van der Waals surface area (Å²) in [6.45, 7) is 7.03. The average molecular weight is 338 g/mol. The highest BCUT2D eigenvalue weighted by atomic mass is 32.2. The molecule has 23 heavy (non-hydrogen) atoms. The Labute approximate surface area is 140 Å². The molecule has 3 rings (SSSR count). The summed E-state index contributed by atoms with van der Waals surface area (Å²) in [5.74, 6) is -0.0944. The number of rotatable bonds is 1. The van der Waals surface area contributed by atoms with E-state index >= 15 is 0 Å². The first-order valence-electron chi connectivity index (χ1n) is 7.67. The molecule has 3 aliphatic heterocycles. The van der Waals surface area contributed by atoms with Crippen molar-refractivity contribution in [1.82, 2.24) is 20.0 Å². The number of fused-ring (bicyclic) bond motifs is 1.